The molecule has 0 radical (unpaired) electrons. The number of halogens is 2. The van der Waals surface area contributed by atoms with Crippen molar-refractivity contribution in [3.63, 3.8) is 0 Å². The van der Waals surface area contributed by atoms with Gasteiger partial charge in [-0.3, -0.25) is 9.59 Å². The van der Waals surface area contributed by atoms with Crippen molar-refractivity contribution in [2.45, 2.75) is 6.92 Å². The zero-order valence-corrected chi connectivity index (χ0v) is 13.9. The largest absolute Gasteiger partial charge is 0.497 e. The van der Waals surface area contributed by atoms with E-state index in [0.717, 1.165) is 23.1 Å². The van der Waals surface area contributed by atoms with E-state index in [0.29, 0.717) is 11.4 Å². The van der Waals surface area contributed by atoms with Gasteiger partial charge in [0.1, 0.15) is 23.9 Å². The number of ether oxygens (including phenoxy) is 1. The number of nitrogens with zero attached hydrogens (tertiary/aromatic N) is 1. The molecular formula is C18H18F2N2O3. The molecule has 0 aliphatic carbocycles. The average Bonchev–Trinajstić information content (AvgIpc) is 2.61. The van der Waals surface area contributed by atoms with E-state index in [9.17, 15) is 18.4 Å². The maximum atomic E-state index is 13.8. The molecule has 0 fully saturated rings. The Labute approximate surface area is 144 Å². The predicted octanol–water partition coefficient (Wildman–Crippen LogP) is 3.07. The maximum absolute atomic E-state index is 13.8. The van der Waals surface area contributed by atoms with E-state index in [1.54, 1.807) is 31.2 Å². The molecule has 2 rings (SSSR count). The summed E-state index contributed by atoms with van der Waals surface area (Å²) >= 11 is 0. The molecule has 0 heterocycles. The molecule has 0 bridgehead atoms. The Bertz CT molecular complexity index is 781. The molecule has 0 atom stereocenters. The normalized spacial score (nSPS) is 10.2. The molecule has 0 saturated heterocycles. The Hall–Kier alpha value is -2.96. The van der Waals surface area contributed by atoms with Crippen molar-refractivity contribution in [3.05, 3.63) is 59.7 Å². The zero-order valence-electron chi connectivity index (χ0n) is 13.9. The molecule has 0 unspecified atom stereocenters. The number of hydrogen-bond donors (Lipinski definition) is 1. The highest BCUT2D eigenvalue weighted by Crippen LogP contribution is 2.17. The summed E-state index contributed by atoms with van der Waals surface area (Å²) in [7, 11) is 1.51. The van der Waals surface area contributed by atoms with Crippen LogP contribution in [0.25, 0.3) is 0 Å². The predicted molar refractivity (Wildman–Crippen MR) is 89.6 cm³/mol. The number of amides is 2. The van der Waals surface area contributed by atoms with Gasteiger partial charge >= 0.3 is 0 Å². The summed E-state index contributed by atoms with van der Waals surface area (Å²) in [5.74, 6) is -2.19. The van der Waals surface area contributed by atoms with Crippen LogP contribution < -0.4 is 10.1 Å². The van der Waals surface area contributed by atoms with Crippen LogP contribution in [0, 0.1) is 11.6 Å². The van der Waals surface area contributed by atoms with Gasteiger partial charge in [0.05, 0.1) is 12.7 Å². The minimum atomic E-state index is -0.835. The first-order valence-electron chi connectivity index (χ1n) is 7.62. The first kappa shape index (κ1) is 18.4. The minimum absolute atomic E-state index is 0.167. The minimum Gasteiger partial charge on any atom is -0.497 e. The van der Waals surface area contributed by atoms with Crippen LogP contribution in [0.2, 0.25) is 0 Å². The first-order valence-corrected chi connectivity index (χ1v) is 7.62. The van der Waals surface area contributed by atoms with E-state index in [1.807, 2.05) is 0 Å². The number of likely N-dealkylation sites (N-methyl/N-ethyl adjacent to an activating group) is 1. The van der Waals surface area contributed by atoms with E-state index >= 15 is 0 Å². The second kappa shape index (κ2) is 8.23. The van der Waals surface area contributed by atoms with Crippen LogP contribution in [0.5, 0.6) is 5.75 Å². The van der Waals surface area contributed by atoms with Crippen molar-refractivity contribution in [1.82, 2.24) is 4.90 Å². The van der Waals surface area contributed by atoms with Crippen LogP contribution in [0.15, 0.2) is 42.5 Å². The molecular weight excluding hydrogens is 330 g/mol. The van der Waals surface area contributed by atoms with Crippen LogP contribution >= 0.6 is 0 Å². The molecule has 0 aromatic heterocycles. The van der Waals surface area contributed by atoms with E-state index in [-0.39, 0.29) is 13.1 Å². The van der Waals surface area contributed by atoms with Gasteiger partial charge < -0.3 is 15.0 Å². The lowest BCUT2D eigenvalue weighted by molar-refractivity contribution is -0.116. The third-order valence-corrected chi connectivity index (χ3v) is 3.52. The number of benzene rings is 2. The monoisotopic (exact) mass is 348 g/mol. The Morgan fingerprint density at radius 2 is 1.92 bits per heavy atom. The fourth-order valence-electron chi connectivity index (χ4n) is 2.23. The number of carbonyl (C=O) groups is 2. The molecule has 0 aliphatic heterocycles. The summed E-state index contributed by atoms with van der Waals surface area (Å²) in [5.41, 5.74) is 0.0980. The lowest BCUT2D eigenvalue weighted by Crippen LogP contribution is -2.38. The molecule has 132 valence electrons. The van der Waals surface area contributed by atoms with E-state index in [4.69, 9.17) is 4.74 Å². The van der Waals surface area contributed by atoms with Gasteiger partial charge in [0, 0.05) is 18.3 Å². The Kier molecular flexibility index (Phi) is 6.05. The number of rotatable bonds is 6. The smallest absolute Gasteiger partial charge is 0.257 e. The number of methoxy groups -OCH3 is 1. The van der Waals surface area contributed by atoms with Gasteiger partial charge in [0.25, 0.3) is 5.91 Å². The molecule has 2 aromatic carbocycles. The number of hydrogen-bond acceptors (Lipinski definition) is 3. The van der Waals surface area contributed by atoms with Crippen molar-refractivity contribution in [1.29, 1.82) is 0 Å². The van der Waals surface area contributed by atoms with Gasteiger partial charge in [-0.05, 0) is 37.3 Å². The van der Waals surface area contributed by atoms with Crippen LogP contribution in [-0.4, -0.2) is 36.9 Å². The lowest BCUT2D eigenvalue weighted by atomic mass is 10.1. The van der Waals surface area contributed by atoms with Crippen molar-refractivity contribution in [2.24, 2.45) is 0 Å². The van der Waals surface area contributed by atoms with Crippen molar-refractivity contribution >= 4 is 17.5 Å². The van der Waals surface area contributed by atoms with Gasteiger partial charge in [-0.25, -0.2) is 8.78 Å². The number of nitrogens with one attached hydrogen (secondary N) is 1. The number of anilines is 1. The van der Waals surface area contributed by atoms with Crippen LogP contribution in [0.3, 0.4) is 0 Å². The van der Waals surface area contributed by atoms with E-state index < -0.39 is 29.0 Å². The van der Waals surface area contributed by atoms with Crippen LogP contribution in [0.4, 0.5) is 14.5 Å². The second-order valence-corrected chi connectivity index (χ2v) is 5.22. The van der Waals surface area contributed by atoms with E-state index in [1.165, 1.54) is 7.11 Å². The second-order valence-electron chi connectivity index (χ2n) is 5.22. The average molecular weight is 348 g/mol. The van der Waals surface area contributed by atoms with Gasteiger partial charge in [0.15, 0.2) is 0 Å². The molecule has 2 aromatic rings. The summed E-state index contributed by atoms with van der Waals surface area (Å²) in [6.45, 7) is 1.52. The molecule has 25 heavy (non-hydrogen) atoms. The Morgan fingerprint density at radius 3 is 2.60 bits per heavy atom. The highest BCUT2D eigenvalue weighted by molar-refractivity contribution is 5.99. The summed E-state index contributed by atoms with van der Waals surface area (Å²) in [6.07, 6.45) is 0. The zero-order chi connectivity index (χ0) is 18.4. The SMILES string of the molecule is CCN(CC(=O)Nc1cccc(OC)c1)C(=O)c1cc(F)ccc1F. The van der Waals surface area contributed by atoms with Crippen molar-refractivity contribution in [3.8, 4) is 5.75 Å². The highest BCUT2D eigenvalue weighted by atomic mass is 19.1. The fraction of sp³-hybridized carbons (Fsp3) is 0.222. The lowest BCUT2D eigenvalue weighted by Gasteiger charge is -2.20. The van der Waals surface area contributed by atoms with Gasteiger partial charge in [-0.15, -0.1) is 0 Å². The molecule has 0 spiro atoms. The van der Waals surface area contributed by atoms with Gasteiger partial charge in [0.2, 0.25) is 5.91 Å². The molecule has 2 amide bonds. The molecule has 1 N–H and O–H groups in total. The quantitative estimate of drug-likeness (QED) is 0.873. The summed E-state index contributed by atoms with van der Waals surface area (Å²) in [6, 6.07) is 9.36. The third kappa shape index (κ3) is 4.76. The van der Waals surface area contributed by atoms with E-state index in [2.05, 4.69) is 5.32 Å². The molecule has 0 saturated carbocycles. The Morgan fingerprint density at radius 1 is 1.16 bits per heavy atom. The van der Waals surface area contributed by atoms with Crippen LogP contribution in [0.1, 0.15) is 17.3 Å². The maximum Gasteiger partial charge on any atom is 0.257 e. The summed E-state index contributed by atoms with van der Waals surface area (Å²) < 4.78 is 32.1. The van der Waals surface area contributed by atoms with Gasteiger partial charge in [-0.1, -0.05) is 6.07 Å². The first-order chi connectivity index (χ1) is 11.9. The van der Waals surface area contributed by atoms with Gasteiger partial charge in [-0.2, -0.15) is 0 Å². The summed E-state index contributed by atoms with van der Waals surface area (Å²) in [5, 5.41) is 2.63. The fourth-order valence-corrected chi connectivity index (χ4v) is 2.23. The number of carbonyl (C=O) groups excluding carboxylic acids is 2. The molecule has 5 nitrogen and oxygen atoms in total. The summed E-state index contributed by atoms with van der Waals surface area (Å²) in [4.78, 5) is 25.6. The molecule has 7 heteroatoms. The Balaban J connectivity index is 2.08. The van der Waals surface area contributed by atoms with Crippen LogP contribution in [-0.2, 0) is 4.79 Å². The highest BCUT2D eigenvalue weighted by Gasteiger charge is 2.21. The van der Waals surface area contributed by atoms with Crippen molar-refractivity contribution < 1.29 is 23.1 Å². The third-order valence-electron chi connectivity index (χ3n) is 3.52. The van der Waals surface area contributed by atoms with Crippen molar-refractivity contribution in [2.75, 3.05) is 25.5 Å². The molecule has 0 aliphatic rings. The standard InChI is InChI=1S/C18H18F2N2O3/c1-3-22(18(24)15-9-12(19)7-8-16(15)20)11-17(23)21-13-5-4-6-14(10-13)25-2/h4-10H,3,11H2,1-2H3,(H,21,23). The topological polar surface area (TPSA) is 58.6 Å².